The largest absolute Gasteiger partial charge is 0.480 e. The van der Waals surface area contributed by atoms with Crippen LogP contribution in [0.15, 0.2) is 24.7 Å². The predicted molar refractivity (Wildman–Crippen MR) is 153 cm³/mol. The van der Waals surface area contributed by atoms with Gasteiger partial charge in [-0.3, -0.25) is 9.59 Å². The molecule has 1 aromatic heterocycles. The van der Waals surface area contributed by atoms with Crippen molar-refractivity contribution in [1.82, 2.24) is 20.6 Å². The van der Waals surface area contributed by atoms with Crippen LogP contribution in [0.4, 0.5) is 0 Å². The number of carbonyl (C=O) groups excluding carboxylic acids is 2. The number of allylic oxidation sites excluding steroid dienone is 2. The first-order chi connectivity index (χ1) is 18.3. The van der Waals surface area contributed by atoms with Gasteiger partial charge in [0.25, 0.3) is 0 Å². The summed E-state index contributed by atoms with van der Waals surface area (Å²) in [5.74, 6) is -1.66. The molecule has 0 saturated carbocycles. The number of carboxylic acids is 1. The maximum absolute atomic E-state index is 12.9. The summed E-state index contributed by atoms with van der Waals surface area (Å²) < 4.78 is 0. The molecule has 0 saturated heterocycles. The van der Waals surface area contributed by atoms with E-state index in [1.54, 1.807) is 6.20 Å². The summed E-state index contributed by atoms with van der Waals surface area (Å²) in [7, 11) is 0. The molecule has 1 rings (SSSR count). The maximum Gasteiger partial charge on any atom is 0.326 e. The third-order valence-corrected chi connectivity index (χ3v) is 6.62. The van der Waals surface area contributed by atoms with Crippen molar-refractivity contribution in [3.05, 3.63) is 30.4 Å². The van der Waals surface area contributed by atoms with E-state index in [2.05, 4.69) is 39.7 Å². The number of hydrogen-bond donors (Lipinski definition) is 4. The number of aliphatic carboxylic acids is 1. The zero-order chi connectivity index (χ0) is 28.0. The molecule has 2 atom stereocenters. The van der Waals surface area contributed by atoms with Gasteiger partial charge in [0.15, 0.2) is 0 Å². The zero-order valence-electron chi connectivity index (χ0n) is 24.0. The van der Waals surface area contributed by atoms with Gasteiger partial charge in [-0.15, -0.1) is 0 Å². The van der Waals surface area contributed by atoms with Gasteiger partial charge in [-0.1, -0.05) is 84.3 Å². The Bertz CT molecular complexity index is 792. The minimum atomic E-state index is -1.08. The predicted octanol–water partition coefficient (Wildman–Crippen LogP) is 6.09. The minimum Gasteiger partial charge on any atom is -0.480 e. The summed E-state index contributed by atoms with van der Waals surface area (Å²) in [6.45, 7) is 6.05. The van der Waals surface area contributed by atoms with E-state index in [0.717, 1.165) is 32.1 Å². The fourth-order valence-electron chi connectivity index (χ4n) is 4.41. The Morgan fingerprint density at radius 1 is 0.895 bits per heavy atom. The topological polar surface area (TPSA) is 124 Å². The van der Waals surface area contributed by atoms with Gasteiger partial charge in [-0.25, -0.2) is 9.78 Å². The minimum absolute atomic E-state index is 0.109. The lowest BCUT2D eigenvalue weighted by atomic mass is 10.0. The molecule has 8 heteroatoms. The van der Waals surface area contributed by atoms with Crippen LogP contribution in [0, 0.1) is 5.92 Å². The Kier molecular flexibility index (Phi) is 18.7. The van der Waals surface area contributed by atoms with Crippen LogP contribution in [-0.2, 0) is 20.8 Å². The van der Waals surface area contributed by atoms with Crippen molar-refractivity contribution in [3.63, 3.8) is 0 Å². The molecule has 0 aliphatic rings. The highest BCUT2D eigenvalue weighted by molar-refractivity contribution is 5.90. The van der Waals surface area contributed by atoms with Gasteiger partial charge in [0.05, 0.1) is 6.33 Å². The van der Waals surface area contributed by atoms with E-state index in [0.29, 0.717) is 18.5 Å². The lowest BCUT2D eigenvalue weighted by Crippen LogP contribution is -2.52. The SMILES string of the molecule is CCCCCCCCC=CCCCCCCCC(=O)N[C@@H](Cc1cnc[nH]1)C(=O)N[C@@H](CC(C)C)C(=O)O. The van der Waals surface area contributed by atoms with Gasteiger partial charge in [-0.2, -0.15) is 0 Å². The quantitative estimate of drug-likeness (QED) is 0.100. The van der Waals surface area contributed by atoms with Crippen LogP contribution in [0.25, 0.3) is 0 Å². The van der Waals surface area contributed by atoms with Crippen molar-refractivity contribution in [2.75, 3.05) is 0 Å². The van der Waals surface area contributed by atoms with Crippen LogP contribution in [0.3, 0.4) is 0 Å². The van der Waals surface area contributed by atoms with Crippen molar-refractivity contribution >= 4 is 17.8 Å². The molecule has 4 N–H and O–H groups in total. The van der Waals surface area contributed by atoms with Gasteiger partial charge < -0.3 is 20.7 Å². The summed E-state index contributed by atoms with van der Waals surface area (Å²) >= 11 is 0. The second kappa shape index (κ2) is 21.3. The molecular formula is C30H52N4O4. The van der Waals surface area contributed by atoms with Gasteiger partial charge in [-0.05, 0) is 44.4 Å². The molecule has 0 bridgehead atoms. The first-order valence-corrected chi connectivity index (χ1v) is 14.8. The maximum atomic E-state index is 12.9. The third-order valence-electron chi connectivity index (χ3n) is 6.62. The lowest BCUT2D eigenvalue weighted by molar-refractivity contribution is -0.142. The average Bonchev–Trinajstić information content (AvgIpc) is 3.38. The van der Waals surface area contributed by atoms with Gasteiger partial charge in [0, 0.05) is 24.7 Å². The smallest absolute Gasteiger partial charge is 0.326 e. The molecular weight excluding hydrogens is 480 g/mol. The number of nitrogens with one attached hydrogen (secondary N) is 3. The molecule has 0 aromatic carbocycles. The number of hydrogen-bond acceptors (Lipinski definition) is 4. The van der Waals surface area contributed by atoms with Gasteiger partial charge >= 0.3 is 5.97 Å². The van der Waals surface area contributed by atoms with Crippen molar-refractivity contribution in [1.29, 1.82) is 0 Å². The Labute approximate surface area is 229 Å². The molecule has 8 nitrogen and oxygen atoms in total. The molecule has 0 aliphatic carbocycles. The molecule has 1 heterocycles. The zero-order valence-corrected chi connectivity index (χ0v) is 24.0. The number of carboxylic acid groups (broad SMARTS) is 1. The summed E-state index contributed by atoms with van der Waals surface area (Å²) in [6, 6.07) is -1.85. The number of imidazole rings is 1. The van der Waals surface area contributed by atoms with E-state index in [-0.39, 0.29) is 18.2 Å². The van der Waals surface area contributed by atoms with Crippen molar-refractivity contribution < 1.29 is 19.5 Å². The third kappa shape index (κ3) is 17.0. The monoisotopic (exact) mass is 532 g/mol. The highest BCUT2D eigenvalue weighted by Crippen LogP contribution is 2.11. The highest BCUT2D eigenvalue weighted by Gasteiger charge is 2.27. The number of H-pyrrole nitrogens is 1. The second-order valence-electron chi connectivity index (χ2n) is 10.8. The molecule has 0 unspecified atom stereocenters. The molecule has 1 aromatic rings. The van der Waals surface area contributed by atoms with Crippen LogP contribution in [0.2, 0.25) is 0 Å². The van der Waals surface area contributed by atoms with Crippen molar-refractivity contribution in [2.45, 2.75) is 136 Å². The van der Waals surface area contributed by atoms with Crippen molar-refractivity contribution in [3.8, 4) is 0 Å². The first-order valence-electron chi connectivity index (χ1n) is 14.8. The Hall–Kier alpha value is -2.64. The van der Waals surface area contributed by atoms with E-state index in [4.69, 9.17) is 0 Å². The van der Waals surface area contributed by atoms with Crippen LogP contribution < -0.4 is 10.6 Å². The van der Waals surface area contributed by atoms with Crippen LogP contribution in [-0.4, -0.2) is 44.9 Å². The lowest BCUT2D eigenvalue weighted by Gasteiger charge is -2.22. The molecule has 2 amide bonds. The molecule has 0 aliphatic heterocycles. The Morgan fingerprint density at radius 3 is 2.05 bits per heavy atom. The second-order valence-corrected chi connectivity index (χ2v) is 10.8. The van der Waals surface area contributed by atoms with Crippen molar-refractivity contribution in [2.24, 2.45) is 5.92 Å². The average molecular weight is 533 g/mol. The van der Waals surface area contributed by atoms with Crippen LogP contribution in [0.1, 0.15) is 123 Å². The fourth-order valence-corrected chi connectivity index (χ4v) is 4.41. The summed E-state index contributed by atoms with van der Waals surface area (Å²) in [5, 5.41) is 14.9. The molecule has 0 spiro atoms. The van der Waals surface area contributed by atoms with Gasteiger partial charge in [0.1, 0.15) is 12.1 Å². The van der Waals surface area contributed by atoms with Crippen LogP contribution >= 0.6 is 0 Å². The normalized spacial score (nSPS) is 13.1. The van der Waals surface area contributed by atoms with E-state index in [9.17, 15) is 19.5 Å². The van der Waals surface area contributed by atoms with E-state index < -0.39 is 24.0 Å². The molecule has 0 fully saturated rings. The highest BCUT2D eigenvalue weighted by atomic mass is 16.4. The number of nitrogens with zero attached hydrogens (tertiary/aromatic N) is 1. The van der Waals surface area contributed by atoms with E-state index in [1.165, 1.54) is 57.7 Å². The number of aromatic amines is 1. The summed E-state index contributed by atoms with van der Waals surface area (Å²) in [6.07, 6.45) is 24.1. The molecule has 0 radical (unpaired) electrons. The Balaban J connectivity index is 2.29. The first kappa shape index (κ1) is 33.4. The van der Waals surface area contributed by atoms with Crippen LogP contribution in [0.5, 0.6) is 0 Å². The fraction of sp³-hybridized carbons (Fsp3) is 0.733. The Morgan fingerprint density at radius 2 is 1.50 bits per heavy atom. The molecule has 38 heavy (non-hydrogen) atoms. The van der Waals surface area contributed by atoms with Gasteiger partial charge in [0.2, 0.25) is 11.8 Å². The number of aromatic nitrogens is 2. The standard InChI is InChI=1S/C30H52N4O4/c1-4-5-6-7-8-9-10-11-12-13-14-15-16-17-18-19-28(35)33-26(21-25-22-31-23-32-25)29(36)34-27(30(37)38)20-24(2)3/h11-12,22-24,26-27H,4-10,13-21H2,1-3H3,(H,31,32)(H,33,35)(H,34,36)(H,37,38)/t26-,27-/m0/s1. The number of unbranched alkanes of at least 4 members (excludes halogenated alkanes) is 11. The number of carbonyl (C=O) groups is 3. The summed E-state index contributed by atoms with van der Waals surface area (Å²) in [5.41, 5.74) is 0.696. The number of rotatable bonds is 23. The van der Waals surface area contributed by atoms with E-state index >= 15 is 0 Å². The summed E-state index contributed by atoms with van der Waals surface area (Å²) in [4.78, 5) is 43.9. The molecule has 216 valence electrons. The van der Waals surface area contributed by atoms with E-state index in [1.807, 2.05) is 13.8 Å². The number of amides is 2.